The van der Waals surface area contributed by atoms with Crippen LogP contribution < -0.4 is 5.32 Å². The van der Waals surface area contributed by atoms with Crippen LogP contribution in [0.2, 0.25) is 0 Å². The molecule has 126 valence electrons. The van der Waals surface area contributed by atoms with Gasteiger partial charge in [-0.25, -0.2) is 0 Å². The Morgan fingerprint density at radius 1 is 1.00 bits per heavy atom. The molecule has 0 unspecified atom stereocenters. The minimum absolute atomic E-state index is 0.154. The van der Waals surface area contributed by atoms with Crippen LogP contribution in [-0.4, -0.2) is 18.0 Å². The number of amides is 1. The first-order valence-corrected chi connectivity index (χ1v) is 7.99. The van der Waals surface area contributed by atoms with Gasteiger partial charge in [0.25, 0.3) is 5.91 Å². The average Bonchev–Trinajstić information content (AvgIpc) is 2.53. The van der Waals surface area contributed by atoms with Gasteiger partial charge in [-0.3, -0.25) is 9.59 Å². The molecule has 0 radical (unpaired) electrons. The normalized spacial score (nSPS) is 11.7. The molecule has 0 aliphatic carbocycles. The lowest BCUT2D eigenvalue weighted by Crippen LogP contribution is -2.31. The monoisotopic (exact) mass is 325 g/mol. The Morgan fingerprint density at radius 2 is 1.58 bits per heavy atom. The van der Waals surface area contributed by atoms with E-state index < -0.39 is 12.1 Å². The van der Waals surface area contributed by atoms with Crippen LogP contribution in [0.4, 0.5) is 5.69 Å². The second-order valence-corrected chi connectivity index (χ2v) is 6.05. The van der Waals surface area contributed by atoms with Crippen LogP contribution in [-0.2, 0) is 20.7 Å². The molecule has 0 aromatic heterocycles. The first kappa shape index (κ1) is 17.7. The molecule has 24 heavy (non-hydrogen) atoms. The molecule has 4 heteroatoms. The van der Waals surface area contributed by atoms with Gasteiger partial charge in [0.05, 0.1) is 6.42 Å². The molecule has 1 N–H and O–H groups in total. The van der Waals surface area contributed by atoms with Gasteiger partial charge in [-0.2, -0.15) is 0 Å². The van der Waals surface area contributed by atoms with E-state index in [9.17, 15) is 9.59 Å². The number of hydrogen-bond acceptors (Lipinski definition) is 3. The van der Waals surface area contributed by atoms with Gasteiger partial charge >= 0.3 is 5.97 Å². The number of esters is 1. The van der Waals surface area contributed by atoms with E-state index in [0.717, 1.165) is 27.9 Å². The van der Waals surface area contributed by atoms with E-state index in [4.69, 9.17) is 4.74 Å². The lowest BCUT2D eigenvalue weighted by Gasteiger charge is -2.16. The highest BCUT2D eigenvalue weighted by atomic mass is 16.5. The lowest BCUT2D eigenvalue weighted by molar-refractivity contribution is -0.152. The molecule has 0 heterocycles. The van der Waals surface area contributed by atoms with Gasteiger partial charge in [0, 0.05) is 5.69 Å². The maximum absolute atomic E-state index is 12.3. The van der Waals surface area contributed by atoms with E-state index in [2.05, 4.69) is 5.32 Å². The van der Waals surface area contributed by atoms with E-state index in [0.29, 0.717) is 0 Å². The number of carbonyl (C=O) groups is 2. The smallest absolute Gasteiger partial charge is 0.311 e. The quantitative estimate of drug-likeness (QED) is 0.852. The molecule has 4 nitrogen and oxygen atoms in total. The van der Waals surface area contributed by atoms with Crippen LogP contribution >= 0.6 is 0 Å². The average molecular weight is 325 g/mol. The fourth-order valence-electron chi connectivity index (χ4n) is 2.40. The highest BCUT2D eigenvalue weighted by Gasteiger charge is 2.19. The first-order valence-electron chi connectivity index (χ1n) is 7.99. The minimum Gasteiger partial charge on any atom is -0.452 e. The van der Waals surface area contributed by atoms with Crippen molar-refractivity contribution in [1.82, 2.24) is 0 Å². The number of benzene rings is 2. The molecule has 1 amide bonds. The lowest BCUT2D eigenvalue weighted by atomic mass is 10.1. The Balaban J connectivity index is 1.93. The van der Waals surface area contributed by atoms with Crippen LogP contribution in [0.5, 0.6) is 0 Å². The van der Waals surface area contributed by atoms with E-state index in [1.54, 1.807) is 6.92 Å². The van der Waals surface area contributed by atoms with Crippen molar-refractivity contribution in [3.63, 3.8) is 0 Å². The van der Waals surface area contributed by atoms with E-state index in [1.165, 1.54) is 0 Å². The van der Waals surface area contributed by atoms with Gasteiger partial charge in [0.2, 0.25) is 0 Å². The van der Waals surface area contributed by atoms with Crippen LogP contribution in [0, 0.1) is 20.8 Å². The summed E-state index contributed by atoms with van der Waals surface area (Å²) < 4.78 is 5.25. The fraction of sp³-hybridized carbons (Fsp3) is 0.300. The number of ether oxygens (including phenoxy) is 1. The van der Waals surface area contributed by atoms with E-state index in [1.807, 2.05) is 63.2 Å². The van der Waals surface area contributed by atoms with Gasteiger partial charge in [-0.15, -0.1) is 0 Å². The highest BCUT2D eigenvalue weighted by Crippen LogP contribution is 2.19. The Hall–Kier alpha value is -2.62. The van der Waals surface area contributed by atoms with Crippen molar-refractivity contribution in [2.24, 2.45) is 0 Å². The standard InChI is InChI=1S/C20H23NO3/c1-13-8-10-17(11-9-13)12-18(22)24-16(4)20(23)21-19-14(2)6-5-7-15(19)3/h5-11,16H,12H2,1-4H3,(H,21,23)/t16-/m0/s1. The number of aryl methyl sites for hydroxylation is 3. The molecule has 0 saturated heterocycles. The minimum atomic E-state index is -0.845. The zero-order valence-electron chi connectivity index (χ0n) is 14.6. The number of nitrogens with one attached hydrogen (secondary N) is 1. The van der Waals surface area contributed by atoms with Crippen molar-refractivity contribution in [3.05, 3.63) is 64.7 Å². The molecule has 0 saturated carbocycles. The topological polar surface area (TPSA) is 55.4 Å². The van der Waals surface area contributed by atoms with Crippen molar-refractivity contribution in [1.29, 1.82) is 0 Å². The molecule has 0 fully saturated rings. The molecular formula is C20H23NO3. The second-order valence-electron chi connectivity index (χ2n) is 6.05. The summed E-state index contributed by atoms with van der Waals surface area (Å²) in [5.41, 5.74) is 4.72. The number of hydrogen-bond donors (Lipinski definition) is 1. The van der Waals surface area contributed by atoms with E-state index in [-0.39, 0.29) is 12.3 Å². The molecule has 2 aromatic rings. The molecule has 0 spiro atoms. The zero-order chi connectivity index (χ0) is 17.7. The third-order valence-corrected chi connectivity index (χ3v) is 3.88. The summed E-state index contributed by atoms with van der Waals surface area (Å²) in [7, 11) is 0. The van der Waals surface area contributed by atoms with Gasteiger partial charge < -0.3 is 10.1 Å². The van der Waals surface area contributed by atoms with Crippen molar-refractivity contribution in [2.45, 2.75) is 40.2 Å². The second kappa shape index (κ2) is 7.77. The largest absolute Gasteiger partial charge is 0.452 e. The number of carbonyl (C=O) groups excluding carboxylic acids is 2. The zero-order valence-corrected chi connectivity index (χ0v) is 14.6. The molecule has 2 rings (SSSR count). The Bertz CT molecular complexity index is 715. The third kappa shape index (κ3) is 4.69. The summed E-state index contributed by atoms with van der Waals surface area (Å²) >= 11 is 0. The van der Waals surface area contributed by atoms with Crippen LogP contribution in [0.15, 0.2) is 42.5 Å². The molecule has 1 atom stereocenters. The Morgan fingerprint density at radius 3 is 2.17 bits per heavy atom. The van der Waals surface area contributed by atoms with Crippen LogP contribution in [0.3, 0.4) is 0 Å². The van der Waals surface area contributed by atoms with Gasteiger partial charge in [-0.05, 0) is 44.4 Å². The predicted octanol–water partition coefficient (Wildman–Crippen LogP) is 3.72. The first-order chi connectivity index (χ1) is 11.4. The Labute approximate surface area is 142 Å². The maximum Gasteiger partial charge on any atom is 0.311 e. The Kier molecular flexibility index (Phi) is 5.74. The van der Waals surface area contributed by atoms with Crippen LogP contribution in [0.1, 0.15) is 29.2 Å². The molecule has 0 bridgehead atoms. The van der Waals surface area contributed by atoms with E-state index >= 15 is 0 Å². The molecular weight excluding hydrogens is 302 g/mol. The predicted molar refractivity (Wildman–Crippen MR) is 95.0 cm³/mol. The summed E-state index contributed by atoms with van der Waals surface area (Å²) in [6.07, 6.45) is -0.691. The van der Waals surface area contributed by atoms with Gasteiger partial charge in [0.1, 0.15) is 0 Å². The van der Waals surface area contributed by atoms with Crippen molar-refractivity contribution < 1.29 is 14.3 Å². The third-order valence-electron chi connectivity index (χ3n) is 3.88. The molecule has 0 aliphatic rings. The number of anilines is 1. The number of rotatable bonds is 5. The highest BCUT2D eigenvalue weighted by molar-refractivity contribution is 5.96. The summed E-state index contributed by atoms with van der Waals surface area (Å²) in [4.78, 5) is 24.3. The van der Waals surface area contributed by atoms with Crippen LogP contribution in [0.25, 0.3) is 0 Å². The summed E-state index contributed by atoms with van der Waals surface area (Å²) in [5.74, 6) is -0.743. The summed E-state index contributed by atoms with van der Waals surface area (Å²) in [5, 5.41) is 2.84. The summed E-state index contributed by atoms with van der Waals surface area (Å²) in [6, 6.07) is 13.5. The van der Waals surface area contributed by atoms with Gasteiger partial charge in [0.15, 0.2) is 6.10 Å². The van der Waals surface area contributed by atoms with Crippen molar-refractivity contribution in [2.75, 3.05) is 5.32 Å². The van der Waals surface area contributed by atoms with Gasteiger partial charge in [-0.1, -0.05) is 48.0 Å². The summed E-state index contributed by atoms with van der Waals surface area (Å²) in [6.45, 7) is 7.42. The SMILES string of the molecule is Cc1ccc(CC(=O)O[C@@H](C)C(=O)Nc2c(C)cccc2C)cc1. The van der Waals surface area contributed by atoms with Crippen molar-refractivity contribution in [3.8, 4) is 0 Å². The molecule has 2 aromatic carbocycles. The number of para-hydroxylation sites is 1. The fourth-order valence-corrected chi connectivity index (χ4v) is 2.40. The van der Waals surface area contributed by atoms with Crippen molar-refractivity contribution >= 4 is 17.6 Å². The molecule has 0 aliphatic heterocycles. The maximum atomic E-state index is 12.3.